The Labute approximate surface area is 164 Å². The van der Waals surface area contributed by atoms with Gasteiger partial charge in [-0.05, 0) is 42.8 Å². The Hall–Kier alpha value is -2.34. The number of hydrogen-bond acceptors (Lipinski definition) is 4. The highest BCUT2D eigenvalue weighted by molar-refractivity contribution is 7.12. The molecule has 0 bridgehead atoms. The largest absolute Gasteiger partial charge is 0.362 e. The maximum atomic E-state index is 12.8. The zero-order valence-electron chi connectivity index (χ0n) is 15.7. The highest BCUT2D eigenvalue weighted by Crippen LogP contribution is 2.28. The van der Waals surface area contributed by atoms with Crippen LogP contribution >= 0.6 is 11.3 Å². The van der Waals surface area contributed by atoms with Gasteiger partial charge in [0.1, 0.15) is 0 Å². The number of carbonyl (C=O) groups is 2. The van der Waals surface area contributed by atoms with Gasteiger partial charge >= 0.3 is 0 Å². The second-order valence-electron chi connectivity index (χ2n) is 7.31. The van der Waals surface area contributed by atoms with Crippen LogP contribution in [0.2, 0.25) is 0 Å². The van der Waals surface area contributed by atoms with E-state index in [-0.39, 0.29) is 11.8 Å². The number of fused-ring (bicyclic) bond motifs is 1. The van der Waals surface area contributed by atoms with Crippen molar-refractivity contribution in [1.29, 1.82) is 0 Å². The number of aryl methyl sites for hydroxylation is 2. The molecule has 27 heavy (non-hydrogen) atoms. The Morgan fingerprint density at radius 1 is 1.04 bits per heavy atom. The molecule has 4 rings (SSSR count). The predicted octanol–water partition coefficient (Wildman–Crippen LogP) is 2.79. The minimum atomic E-state index is 0.0810. The number of benzene rings is 1. The van der Waals surface area contributed by atoms with Crippen LogP contribution < -0.4 is 4.90 Å². The number of nitrogens with zero attached hydrogens (tertiary/aromatic N) is 3. The van der Waals surface area contributed by atoms with Crippen molar-refractivity contribution in [2.24, 2.45) is 0 Å². The van der Waals surface area contributed by atoms with E-state index in [2.05, 4.69) is 30.0 Å². The summed E-state index contributed by atoms with van der Waals surface area (Å²) >= 11 is 1.47. The smallest absolute Gasteiger partial charge is 0.264 e. The molecule has 1 saturated heterocycles. The summed E-state index contributed by atoms with van der Waals surface area (Å²) < 4.78 is 0. The number of piperazine rings is 1. The molecule has 1 aromatic heterocycles. The number of anilines is 1. The lowest BCUT2D eigenvalue weighted by atomic mass is 9.99. The summed E-state index contributed by atoms with van der Waals surface area (Å²) in [6, 6.07) is 10.3. The highest BCUT2D eigenvalue weighted by atomic mass is 32.1. The van der Waals surface area contributed by atoms with Crippen molar-refractivity contribution in [3.05, 3.63) is 51.7 Å². The summed E-state index contributed by atoms with van der Waals surface area (Å²) in [7, 11) is 0. The highest BCUT2D eigenvalue weighted by Gasteiger charge is 2.27. The van der Waals surface area contributed by atoms with Gasteiger partial charge in [0.15, 0.2) is 0 Å². The van der Waals surface area contributed by atoms with Gasteiger partial charge in [-0.15, -0.1) is 11.3 Å². The molecule has 2 aliphatic heterocycles. The van der Waals surface area contributed by atoms with Gasteiger partial charge in [0.25, 0.3) is 5.91 Å². The first-order chi connectivity index (χ1) is 13.1. The van der Waals surface area contributed by atoms with Crippen LogP contribution in [0.25, 0.3) is 0 Å². The van der Waals surface area contributed by atoms with Gasteiger partial charge in [-0.25, -0.2) is 0 Å². The molecule has 1 aromatic carbocycles. The van der Waals surface area contributed by atoms with Crippen LogP contribution in [-0.2, 0) is 11.2 Å². The quantitative estimate of drug-likeness (QED) is 0.819. The van der Waals surface area contributed by atoms with E-state index in [4.69, 9.17) is 0 Å². The van der Waals surface area contributed by atoms with Crippen LogP contribution in [0.15, 0.2) is 35.7 Å². The van der Waals surface area contributed by atoms with E-state index in [1.807, 2.05) is 27.3 Å². The lowest BCUT2D eigenvalue weighted by Gasteiger charge is -2.37. The van der Waals surface area contributed by atoms with Crippen molar-refractivity contribution in [3.8, 4) is 0 Å². The van der Waals surface area contributed by atoms with Gasteiger partial charge in [0, 0.05) is 38.4 Å². The van der Waals surface area contributed by atoms with Crippen molar-refractivity contribution in [3.63, 3.8) is 0 Å². The Morgan fingerprint density at radius 3 is 2.56 bits per heavy atom. The van der Waals surface area contributed by atoms with Gasteiger partial charge in [-0.1, -0.05) is 23.8 Å². The van der Waals surface area contributed by atoms with E-state index in [0.29, 0.717) is 32.7 Å². The van der Waals surface area contributed by atoms with Crippen LogP contribution in [0.3, 0.4) is 0 Å². The molecule has 2 amide bonds. The predicted molar refractivity (Wildman–Crippen MR) is 109 cm³/mol. The third-order valence-electron chi connectivity index (χ3n) is 5.43. The molecule has 1 fully saturated rings. The summed E-state index contributed by atoms with van der Waals surface area (Å²) in [6.45, 7) is 5.92. The molecule has 0 atom stereocenters. The Kier molecular flexibility index (Phi) is 5.16. The molecule has 0 radical (unpaired) electrons. The topological polar surface area (TPSA) is 43.9 Å². The standard InChI is InChI=1S/C21H25N3O2S/c1-16-6-7-18-17(14-16)4-2-8-24(18)15-20(25)22-9-11-23(12-10-22)21(26)19-5-3-13-27-19/h3,5-7,13-14H,2,4,8-12,15H2,1H3. The fraction of sp³-hybridized carbons (Fsp3) is 0.429. The number of carbonyl (C=O) groups excluding carboxylic acids is 2. The van der Waals surface area contributed by atoms with Gasteiger partial charge in [0.05, 0.1) is 11.4 Å². The van der Waals surface area contributed by atoms with E-state index in [0.717, 1.165) is 24.3 Å². The molecule has 0 unspecified atom stereocenters. The molecule has 2 aliphatic rings. The van der Waals surface area contributed by atoms with Crippen LogP contribution in [0.4, 0.5) is 5.69 Å². The normalized spacial score (nSPS) is 17.0. The summed E-state index contributed by atoms with van der Waals surface area (Å²) in [5.41, 5.74) is 3.82. The SMILES string of the molecule is Cc1ccc2c(c1)CCCN2CC(=O)N1CCN(C(=O)c2cccs2)CC1. The van der Waals surface area contributed by atoms with E-state index in [9.17, 15) is 9.59 Å². The van der Waals surface area contributed by atoms with Crippen molar-refractivity contribution >= 4 is 28.8 Å². The third-order valence-corrected chi connectivity index (χ3v) is 6.29. The molecule has 5 nitrogen and oxygen atoms in total. The molecule has 6 heteroatoms. The molecule has 0 spiro atoms. The minimum Gasteiger partial charge on any atom is -0.362 e. The lowest BCUT2D eigenvalue weighted by molar-refractivity contribution is -0.131. The maximum absolute atomic E-state index is 12.8. The zero-order chi connectivity index (χ0) is 18.8. The second kappa shape index (κ2) is 7.72. The van der Waals surface area contributed by atoms with E-state index >= 15 is 0 Å². The molecular weight excluding hydrogens is 358 g/mol. The Bertz CT molecular complexity index is 826. The van der Waals surface area contributed by atoms with Crippen LogP contribution in [0.1, 0.15) is 27.2 Å². The Balaban J connectivity index is 1.35. The number of amides is 2. The third kappa shape index (κ3) is 3.86. The number of thiophene rings is 1. The number of hydrogen-bond donors (Lipinski definition) is 0. The first kappa shape index (κ1) is 18.0. The van der Waals surface area contributed by atoms with E-state index < -0.39 is 0 Å². The van der Waals surface area contributed by atoms with Crippen LogP contribution in [0, 0.1) is 6.92 Å². The molecule has 0 saturated carbocycles. The molecule has 0 N–H and O–H groups in total. The molecule has 3 heterocycles. The summed E-state index contributed by atoms with van der Waals surface area (Å²) in [6.07, 6.45) is 2.18. The average Bonchev–Trinajstić information content (AvgIpc) is 3.22. The summed E-state index contributed by atoms with van der Waals surface area (Å²) in [5.74, 6) is 0.240. The fourth-order valence-electron chi connectivity index (χ4n) is 3.95. The second-order valence-corrected chi connectivity index (χ2v) is 8.26. The first-order valence-corrected chi connectivity index (χ1v) is 10.4. The van der Waals surface area contributed by atoms with Crippen molar-refractivity contribution in [1.82, 2.24) is 9.80 Å². The molecule has 2 aromatic rings. The fourth-order valence-corrected chi connectivity index (χ4v) is 4.64. The lowest BCUT2D eigenvalue weighted by Crippen LogP contribution is -2.53. The van der Waals surface area contributed by atoms with Crippen LogP contribution in [0.5, 0.6) is 0 Å². The summed E-state index contributed by atoms with van der Waals surface area (Å²) in [4.78, 5) is 32.0. The van der Waals surface area contributed by atoms with Gasteiger partial charge in [0.2, 0.25) is 5.91 Å². The Morgan fingerprint density at radius 2 is 1.81 bits per heavy atom. The number of rotatable bonds is 3. The van der Waals surface area contributed by atoms with Crippen molar-refractivity contribution in [2.75, 3.05) is 44.2 Å². The average molecular weight is 384 g/mol. The summed E-state index contributed by atoms with van der Waals surface area (Å²) in [5, 5.41) is 1.92. The first-order valence-electron chi connectivity index (χ1n) is 9.57. The minimum absolute atomic E-state index is 0.0810. The monoisotopic (exact) mass is 383 g/mol. The van der Waals surface area contributed by atoms with Crippen molar-refractivity contribution in [2.45, 2.75) is 19.8 Å². The van der Waals surface area contributed by atoms with Gasteiger partial charge in [-0.2, -0.15) is 0 Å². The van der Waals surface area contributed by atoms with E-state index in [1.165, 1.54) is 28.2 Å². The van der Waals surface area contributed by atoms with Gasteiger partial charge < -0.3 is 14.7 Å². The molecular formula is C21H25N3O2S. The van der Waals surface area contributed by atoms with Crippen molar-refractivity contribution < 1.29 is 9.59 Å². The van der Waals surface area contributed by atoms with Gasteiger partial charge in [-0.3, -0.25) is 9.59 Å². The maximum Gasteiger partial charge on any atom is 0.264 e. The molecule has 142 valence electrons. The molecule has 0 aliphatic carbocycles. The zero-order valence-corrected chi connectivity index (χ0v) is 16.5. The van der Waals surface area contributed by atoms with E-state index in [1.54, 1.807) is 0 Å². The van der Waals surface area contributed by atoms with Crippen LogP contribution in [-0.4, -0.2) is 60.9 Å².